The van der Waals surface area contributed by atoms with Crippen LogP contribution in [-0.4, -0.2) is 43.0 Å². The molecule has 1 aliphatic rings. The van der Waals surface area contributed by atoms with E-state index in [9.17, 15) is 4.79 Å². The van der Waals surface area contributed by atoms with E-state index in [1.54, 1.807) is 0 Å². The molecule has 1 unspecified atom stereocenters. The Balaban J connectivity index is 2.34. The summed E-state index contributed by atoms with van der Waals surface area (Å²) in [5.74, 6) is -0.556. The molecular weight excluding hydrogens is 220 g/mol. The lowest BCUT2D eigenvalue weighted by Gasteiger charge is -2.25. The Morgan fingerprint density at radius 1 is 1.47 bits per heavy atom. The van der Waals surface area contributed by atoms with E-state index in [2.05, 4.69) is 10.6 Å². The molecule has 0 aliphatic carbocycles. The van der Waals surface area contributed by atoms with Crippen LogP contribution < -0.4 is 10.6 Å². The van der Waals surface area contributed by atoms with Crippen molar-refractivity contribution in [1.29, 1.82) is 0 Å². The number of amides is 1. The minimum absolute atomic E-state index is 0.0207. The highest BCUT2D eigenvalue weighted by Gasteiger charge is 2.34. The van der Waals surface area contributed by atoms with Crippen molar-refractivity contribution in [1.82, 2.24) is 10.6 Å². The summed E-state index contributed by atoms with van der Waals surface area (Å²) in [7, 11) is 0. The van der Waals surface area contributed by atoms with Crippen LogP contribution in [0.3, 0.4) is 0 Å². The average Bonchev–Trinajstić information content (AvgIpc) is 2.54. The average molecular weight is 244 g/mol. The highest BCUT2D eigenvalue weighted by atomic mass is 16.7. The number of hydrogen-bond acceptors (Lipinski definition) is 4. The first-order valence-corrected chi connectivity index (χ1v) is 6.12. The van der Waals surface area contributed by atoms with E-state index in [1.165, 1.54) is 0 Å². The molecule has 0 radical (unpaired) electrons. The van der Waals surface area contributed by atoms with Gasteiger partial charge in [-0.25, -0.2) is 0 Å². The van der Waals surface area contributed by atoms with Gasteiger partial charge in [-0.15, -0.1) is 0 Å². The molecule has 17 heavy (non-hydrogen) atoms. The highest BCUT2D eigenvalue weighted by molar-refractivity contribution is 5.85. The minimum Gasteiger partial charge on any atom is -0.352 e. The van der Waals surface area contributed by atoms with Crippen molar-refractivity contribution >= 4 is 5.91 Å². The first-order valence-electron chi connectivity index (χ1n) is 6.12. The quantitative estimate of drug-likeness (QED) is 0.745. The van der Waals surface area contributed by atoms with Crippen LogP contribution >= 0.6 is 0 Å². The molecule has 1 fully saturated rings. The molecular formula is C12H24N2O3. The number of hydrogen-bond donors (Lipinski definition) is 2. The van der Waals surface area contributed by atoms with Crippen LogP contribution in [0.1, 0.15) is 34.6 Å². The predicted octanol–water partition coefficient (Wildman–Crippen LogP) is 0.642. The number of carbonyl (C=O) groups excluding carboxylic acids is 1. The lowest BCUT2D eigenvalue weighted by Crippen LogP contribution is -2.53. The van der Waals surface area contributed by atoms with Crippen LogP contribution in [0.5, 0.6) is 0 Å². The Morgan fingerprint density at radius 2 is 2.12 bits per heavy atom. The maximum atomic E-state index is 11.9. The van der Waals surface area contributed by atoms with Crippen molar-refractivity contribution in [3.63, 3.8) is 0 Å². The molecule has 0 bridgehead atoms. The van der Waals surface area contributed by atoms with Gasteiger partial charge in [0.25, 0.3) is 0 Å². The molecule has 0 aromatic heterocycles. The van der Waals surface area contributed by atoms with Crippen LogP contribution in [0.15, 0.2) is 0 Å². The molecule has 0 spiro atoms. The zero-order chi connectivity index (χ0) is 13.1. The van der Waals surface area contributed by atoms with Crippen molar-refractivity contribution in [2.75, 3.05) is 19.7 Å². The third-order valence-electron chi connectivity index (χ3n) is 2.74. The summed E-state index contributed by atoms with van der Waals surface area (Å²) >= 11 is 0. The zero-order valence-corrected chi connectivity index (χ0v) is 11.4. The molecule has 2 N–H and O–H groups in total. The molecule has 5 heteroatoms. The van der Waals surface area contributed by atoms with Crippen molar-refractivity contribution in [2.45, 2.75) is 52.0 Å². The van der Waals surface area contributed by atoms with Gasteiger partial charge >= 0.3 is 0 Å². The van der Waals surface area contributed by atoms with E-state index < -0.39 is 11.3 Å². The second-order valence-corrected chi connectivity index (χ2v) is 5.32. The second kappa shape index (κ2) is 5.33. The zero-order valence-electron chi connectivity index (χ0n) is 11.4. The highest BCUT2D eigenvalue weighted by Crippen LogP contribution is 2.21. The molecule has 1 amide bonds. The first-order chi connectivity index (χ1) is 7.77. The number of likely N-dealkylation sites (N-methyl/N-ethyl adjacent to an activating group) is 1. The number of nitrogens with one attached hydrogen (secondary N) is 2. The number of carbonyl (C=O) groups is 1. The van der Waals surface area contributed by atoms with Gasteiger partial charge in [0.05, 0.1) is 12.1 Å². The lowest BCUT2D eigenvalue weighted by molar-refractivity contribution is -0.140. The van der Waals surface area contributed by atoms with Crippen LogP contribution in [-0.2, 0) is 14.3 Å². The molecule has 1 aliphatic heterocycles. The molecule has 0 saturated carbocycles. The fraction of sp³-hybridized carbons (Fsp3) is 0.917. The summed E-state index contributed by atoms with van der Waals surface area (Å²) in [4.78, 5) is 11.9. The first kappa shape index (κ1) is 14.4. The van der Waals surface area contributed by atoms with Gasteiger partial charge in [0.1, 0.15) is 6.10 Å². The third-order valence-corrected chi connectivity index (χ3v) is 2.74. The van der Waals surface area contributed by atoms with E-state index >= 15 is 0 Å². The van der Waals surface area contributed by atoms with Crippen LogP contribution in [0.4, 0.5) is 0 Å². The van der Waals surface area contributed by atoms with E-state index in [0.717, 1.165) is 6.54 Å². The maximum absolute atomic E-state index is 11.9. The Bertz CT molecular complexity index is 277. The summed E-state index contributed by atoms with van der Waals surface area (Å²) in [6.07, 6.45) is -0.0635. The van der Waals surface area contributed by atoms with E-state index in [4.69, 9.17) is 9.47 Å². The van der Waals surface area contributed by atoms with Crippen molar-refractivity contribution in [2.24, 2.45) is 0 Å². The SMILES string of the molecule is CCNC(C)(C)C(=O)NCC1COC(C)(C)O1. The lowest BCUT2D eigenvalue weighted by atomic mass is 10.0. The van der Waals surface area contributed by atoms with Gasteiger partial charge < -0.3 is 20.1 Å². The Labute approximate surface area is 103 Å². The Morgan fingerprint density at radius 3 is 2.59 bits per heavy atom. The molecule has 1 atom stereocenters. The summed E-state index contributed by atoms with van der Waals surface area (Å²) in [6, 6.07) is 0. The second-order valence-electron chi connectivity index (χ2n) is 5.32. The molecule has 1 rings (SSSR count). The summed E-state index contributed by atoms with van der Waals surface area (Å²) in [6.45, 7) is 11.2. The van der Waals surface area contributed by atoms with Crippen LogP contribution in [0.2, 0.25) is 0 Å². The Hall–Kier alpha value is -0.650. The van der Waals surface area contributed by atoms with Crippen molar-refractivity contribution in [3.05, 3.63) is 0 Å². The molecule has 1 saturated heterocycles. The van der Waals surface area contributed by atoms with Crippen LogP contribution in [0, 0.1) is 0 Å². The predicted molar refractivity (Wildman–Crippen MR) is 65.7 cm³/mol. The molecule has 100 valence electrons. The summed E-state index contributed by atoms with van der Waals surface area (Å²) < 4.78 is 11.0. The van der Waals surface area contributed by atoms with Crippen molar-refractivity contribution in [3.8, 4) is 0 Å². The van der Waals surface area contributed by atoms with Crippen LogP contribution in [0.25, 0.3) is 0 Å². The van der Waals surface area contributed by atoms with Gasteiger partial charge in [0.15, 0.2) is 5.79 Å². The Kier molecular flexibility index (Phi) is 4.52. The van der Waals surface area contributed by atoms with Gasteiger partial charge in [-0.05, 0) is 34.2 Å². The van der Waals surface area contributed by atoms with E-state index in [-0.39, 0.29) is 12.0 Å². The fourth-order valence-corrected chi connectivity index (χ4v) is 1.81. The summed E-state index contributed by atoms with van der Waals surface area (Å²) in [5.41, 5.74) is -0.552. The third kappa shape index (κ3) is 4.26. The maximum Gasteiger partial charge on any atom is 0.239 e. The largest absolute Gasteiger partial charge is 0.352 e. The van der Waals surface area contributed by atoms with Gasteiger partial charge in [0.2, 0.25) is 5.91 Å². The van der Waals surface area contributed by atoms with Crippen molar-refractivity contribution < 1.29 is 14.3 Å². The fourth-order valence-electron chi connectivity index (χ4n) is 1.81. The van der Waals surface area contributed by atoms with E-state index in [1.807, 2.05) is 34.6 Å². The normalized spacial score (nSPS) is 23.7. The summed E-state index contributed by atoms with van der Waals surface area (Å²) in [5, 5.41) is 6.01. The van der Waals surface area contributed by atoms with Gasteiger partial charge in [0, 0.05) is 6.54 Å². The number of rotatable bonds is 5. The van der Waals surface area contributed by atoms with Gasteiger partial charge in [-0.3, -0.25) is 4.79 Å². The monoisotopic (exact) mass is 244 g/mol. The smallest absolute Gasteiger partial charge is 0.239 e. The topological polar surface area (TPSA) is 59.6 Å². The molecule has 5 nitrogen and oxygen atoms in total. The standard InChI is InChI=1S/C12H24N2O3/c1-6-14-11(2,3)10(15)13-7-9-8-16-12(4,5)17-9/h9,14H,6-8H2,1-5H3,(H,13,15). The van der Waals surface area contributed by atoms with E-state index in [0.29, 0.717) is 13.2 Å². The van der Waals surface area contributed by atoms with Gasteiger partial charge in [-0.1, -0.05) is 6.92 Å². The molecule has 0 aromatic carbocycles. The van der Waals surface area contributed by atoms with Gasteiger partial charge in [-0.2, -0.15) is 0 Å². The number of ether oxygens (including phenoxy) is 2. The molecule has 1 heterocycles. The molecule has 0 aromatic rings. The minimum atomic E-state index is -0.552.